The van der Waals surface area contributed by atoms with E-state index in [1.807, 2.05) is 0 Å². The topological polar surface area (TPSA) is 101 Å². The van der Waals surface area contributed by atoms with Crippen molar-refractivity contribution in [2.75, 3.05) is 11.9 Å². The van der Waals surface area contributed by atoms with Crippen molar-refractivity contribution in [3.63, 3.8) is 0 Å². The van der Waals surface area contributed by atoms with Crippen molar-refractivity contribution in [2.45, 2.75) is 37.6 Å². The number of aryl methyl sites for hydroxylation is 1. The van der Waals surface area contributed by atoms with E-state index >= 15 is 0 Å². The van der Waals surface area contributed by atoms with Gasteiger partial charge in [-0.2, -0.15) is 0 Å². The standard InChI is InChI=1S/C14H21N3O3S.ClH/c1-9-3-4-12(16-14(18)10(2)8-15)7-13(9)21(19,20)17-11-5-6-11;/h3-4,7,10-11,17H,5-6,8,15H2,1-2H3,(H,16,18);1H. The summed E-state index contributed by atoms with van der Waals surface area (Å²) in [6, 6.07) is 4.91. The van der Waals surface area contributed by atoms with Crippen LogP contribution in [0.15, 0.2) is 23.1 Å². The Morgan fingerprint density at radius 1 is 1.41 bits per heavy atom. The molecule has 1 atom stereocenters. The first-order chi connectivity index (χ1) is 9.83. The molecule has 0 saturated heterocycles. The Bertz CT molecular complexity index is 645. The second kappa shape index (κ2) is 7.41. The molecule has 1 aliphatic rings. The third kappa shape index (κ3) is 4.67. The van der Waals surface area contributed by atoms with Gasteiger partial charge >= 0.3 is 0 Å². The molecule has 124 valence electrons. The lowest BCUT2D eigenvalue weighted by molar-refractivity contribution is -0.119. The van der Waals surface area contributed by atoms with E-state index in [1.165, 1.54) is 6.07 Å². The van der Waals surface area contributed by atoms with Crippen LogP contribution in [0.1, 0.15) is 25.3 Å². The molecule has 0 radical (unpaired) electrons. The Morgan fingerprint density at radius 3 is 2.59 bits per heavy atom. The maximum Gasteiger partial charge on any atom is 0.241 e. The van der Waals surface area contributed by atoms with Crippen LogP contribution in [0.5, 0.6) is 0 Å². The molecular weight excluding hydrogens is 326 g/mol. The van der Waals surface area contributed by atoms with Crippen LogP contribution in [0.3, 0.4) is 0 Å². The molecule has 1 amide bonds. The summed E-state index contributed by atoms with van der Waals surface area (Å²) in [6.45, 7) is 3.69. The molecule has 22 heavy (non-hydrogen) atoms. The number of anilines is 1. The number of carbonyl (C=O) groups excluding carboxylic acids is 1. The summed E-state index contributed by atoms with van der Waals surface area (Å²) in [6.07, 6.45) is 1.76. The van der Waals surface area contributed by atoms with Crippen molar-refractivity contribution >= 4 is 34.0 Å². The van der Waals surface area contributed by atoms with Gasteiger partial charge in [0, 0.05) is 24.2 Å². The van der Waals surface area contributed by atoms with Gasteiger partial charge < -0.3 is 11.1 Å². The van der Waals surface area contributed by atoms with Crippen LogP contribution in [0.25, 0.3) is 0 Å². The third-order valence-electron chi connectivity index (χ3n) is 3.45. The minimum atomic E-state index is -3.54. The van der Waals surface area contributed by atoms with Crippen LogP contribution in [-0.2, 0) is 14.8 Å². The Kier molecular flexibility index (Phi) is 6.37. The lowest BCUT2D eigenvalue weighted by atomic mass is 10.1. The maximum atomic E-state index is 12.3. The number of carbonyl (C=O) groups is 1. The molecule has 1 fully saturated rings. The number of rotatable bonds is 6. The highest BCUT2D eigenvalue weighted by atomic mass is 35.5. The van der Waals surface area contributed by atoms with E-state index < -0.39 is 10.0 Å². The van der Waals surface area contributed by atoms with Crippen LogP contribution in [0, 0.1) is 12.8 Å². The molecule has 1 saturated carbocycles. The van der Waals surface area contributed by atoms with Crippen molar-refractivity contribution in [2.24, 2.45) is 11.7 Å². The first kappa shape index (κ1) is 18.9. The van der Waals surface area contributed by atoms with Gasteiger partial charge in [0.05, 0.1) is 4.90 Å². The molecule has 0 aliphatic heterocycles. The lowest BCUT2D eigenvalue weighted by Gasteiger charge is -2.13. The van der Waals surface area contributed by atoms with Gasteiger partial charge in [-0.25, -0.2) is 13.1 Å². The Balaban J connectivity index is 0.00000242. The second-order valence-corrected chi connectivity index (χ2v) is 7.18. The smallest absolute Gasteiger partial charge is 0.241 e. The van der Waals surface area contributed by atoms with Gasteiger partial charge in [0.1, 0.15) is 0 Å². The van der Waals surface area contributed by atoms with Crippen LogP contribution in [0.2, 0.25) is 0 Å². The third-order valence-corrected chi connectivity index (χ3v) is 5.11. The molecule has 0 heterocycles. The molecule has 4 N–H and O–H groups in total. The summed E-state index contributed by atoms with van der Waals surface area (Å²) in [7, 11) is -3.54. The Hall–Kier alpha value is -1.15. The average molecular weight is 348 g/mol. The fraction of sp³-hybridized carbons (Fsp3) is 0.500. The maximum absolute atomic E-state index is 12.3. The van der Waals surface area contributed by atoms with E-state index in [1.54, 1.807) is 26.0 Å². The summed E-state index contributed by atoms with van der Waals surface area (Å²) in [5.74, 6) is -0.546. The molecule has 8 heteroatoms. The predicted molar refractivity (Wildman–Crippen MR) is 88.6 cm³/mol. The molecule has 1 aromatic carbocycles. The number of hydrogen-bond acceptors (Lipinski definition) is 4. The van der Waals surface area contributed by atoms with E-state index in [2.05, 4.69) is 10.0 Å². The molecule has 0 spiro atoms. The largest absolute Gasteiger partial charge is 0.330 e. The molecule has 1 unspecified atom stereocenters. The van der Waals surface area contributed by atoms with Crippen LogP contribution < -0.4 is 15.8 Å². The van der Waals surface area contributed by atoms with Gasteiger partial charge in [-0.15, -0.1) is 12.4 Å². The van der Waals surface area contributed by atoms with Crippen LogP contribution in [0.4, 0.5) is 5.69 Å². The van der Waals surface area contributed by atoms with Gasteiger partial charge in [-0.05, 0) is 37.5 Å². The first-order valence-corrected chi connectivity index (χ1v) is 8.45. The summed E-state index contributed by atoms with van der Waals surface area (Å²) in [4.78, 5) is 12.0. The van der Waals surface area contributed by atoms with E-state index in [0.717, 1.165) is 12.8 Å². The minimum absolute atomic E-state index is 0. The van der Waals surface area contributed by atoms with Crippen molar-refractivity contribution in [1.29, 1.82) is 0 Å². The Morgan fingerprint density at radius 2 is 2.05 bits per heavy atom. The van der Waals surface area contributed by atoms with Crippen molar-refractivity contribution in [1.82, 2.24) is 4.72 Å². The zero-order valence-electron chi connectivity index (χ0n) is 12.6. The number of nitrogens with one attached hydrogen (secondary N) is 2. The van der Waals surface area contributed by atoms with Gasteiger partial charge in [0.25, 0.3) is 0 Å². The van der Waals surface area contributed by atoms with E-state index in [9.17, 15) is 13.2 Å². The highest BCUT2D eigenvalue weighted by molar-refractivity contribution is 7.89. The second-order valence-electron chi connectivity index (χ2n) is 5.50. The van der Waals surface area contributed by atoms with E-state index in [0.29, 0.717) is 11.3 Å². The van der Waals surface area contributed by atoms with Gasteiger partial charge in [0.15, 0.2) is 0 Å². The van der Waals surface area contributed by atoms with Crippen LogP contribution in [-0.4, -0.2) is 26.9 Å². The summed E-state index contributed by atoms with van der Waals surface area (Å²) >= 11 is 0. The SMILES string of the molecule is Cc1ccc(NC(=O)C(C)CN)cc1S(=O)(=O)NC1CC1.Cl. The molecule has 1 aliphatic carbocycles. The summed E-state index contributed by atoms with van der Waals surface area (Å²) in [5.41, 5.74) is 6.55. The monoisotopic (exact) mass is 347 g/mol. The number of nitrogens with two attached hydrogens (primary N) is 1. The van der Waals surface area contributed by atoms with Crippen molar-refractivity contribution in [3.8, 4) is 0 Å². The summed E-state index contributed by atoms with van der Waals surface area (Å²) < 4.78 is 27.2. The summed E-state index contributed by atoms with van der Waals surface area (Å²) in [5, 5.41) is 2.69. The quantitative estimate of drug-likeness (QED) is 0.723. The number of amides is 1. The normalized spacial score (nSPS) is 15.8. The predicted octanol–water partition coefficient (Wildman–Crippen LogP) is 1.39. The van der Waals surface area contributed by atoms with E-state index in [4.69, 9.17) is 5.73 Å². The van der Waals surface area contributed by atoms with Gasteiger partial charge in [0.2, 0.25) is 15.9 Å². The molecule has 1 aromatic rings. The zero-order valence-corrected chi connectivity index (χ0v) is 14.3. The average Bonchev–Trinajstić information content (AvgIpc) is 3.22. The van der Waals surface area contributed by atoms with Gasteiger partial charge in [-0.3, -0.25) is 4.79 Å². The number of halogens is 1. The molecule has 0 bridgehead atoms. The lowest BCUT2D eigenvalue weighted by Crippen LogP contribution is -2.28. The number of sulfonamides is 1. The zero-order chi connectivity index (χ0) is 15.6. The van der Waals surface area contributed by atoms with E-state index in [-0.39, 0.29) is 41.7 Å². The number of hydrogen-bond donors (Lipinski definition) is 3. The fourth-order valence-electron chi connectivity index (χ4n) is 1.82. The molecule has 0 aromatic heterocycles. The molecular formula is C14H22ClN3O3S. The van der Waals surface area contributed by atoms with Crippen molar-refractivity contribution in [3.05, 3.63) is 23.8 Å². The molecule has 6 nitrogen and oxygen atoms in total. The van der Waals surface area contributed by atoms with Gasteiger partial charge in [-0.1, -0.05) is 13.0 Å². The van der Waals surface area contributed by atoms with Crippen LogP contribution >= 0.6 is 12.4 Å². The Labute approximate surface area is 137 Å². The fourth-order valence-corrected chi connectivity index (χ4v) is 3.40. The highest BCUT2D eigenvalue weighted by Crippen LogP contribution is 2.25. The molecule has 2 rings (SSSR count). The highest BCUT2D eigenvalue weighted by Gasteiger charge is 2.29. The van der Waals surface area contributed by atoms with Crippen molar-refractivity contribution < 1.29 is 13.2 Å². The number of benzene rings is 1. The minimum Gasteiger partial charge on any atom is -0.330 e. The first-order valence-electron chi connectivity index (χ1n) is 6.97.